The minimum absolute atomic E-state index is 0.0181. The molecule has 0 aromatic heterocycles. The highest BCUT2D eigenvalue weighted by molar-refractivity contribution is 6.01. The Kier molecular flexibility index (Phi) is 8.20. The number of nitrogens with zero attached hydrogens (tertiary/aromatic N) is 1. The van der Waals surface area contributed by atoms with E-state index < -0.39 is 47.7 Å². The molecule has 40 heavy (non-hydrogen) atoms. The molecule has 13 nitrogen and oxygen atoms in total. The molecule has 5 heterocycles. The second-order valence-electron chi connectivity index (χ2n) is 11.8. The van der Waals surface area contributed by atoms with Crippen LogP contribution in [0.2, 0.25) is 0 Å². The Balaban J connectivity index is 1.06. The fourth-order valence-electron chi connectivity index (χ4n) is 6.76. The van der Waals surface area contributed by atoms with Crippen molar-refractivity contribution in [2.45, 2.75) is 109 Å². The summed E-state index contributed by atoms with van der Waals surface area (Å²) in [6, 6.07) is 0. The van der Waals surface area contributed by atoms with Gasteiger partial charge in [0.15, 0.2) is 11.9 Å². The Labute approximate surface area is 232 Å². The number of fused-ring (bicyclic) bond motifs is 2. The third kappa shape index (κ3) is 5.48. The van der Waals surface area contributed by atoms with Crippen molar-refractivity contribution in [3.05, 3.63) is 0 Å². The summed E-state index contributed by atoms with van der Waals surface area (Å²) in [4.78, 5) is 76.4. The number of imide groups is 1. The maximum atomic E-state index is 12.7. The van der Waals surface area contributed by atoms with Crippen molar-refractivity contribution in [3.8, 4) is 0 Å². The van der Waals surface area contributed by atoms with Crippen LogP contribution in [0.3, 0.4) is 0 Å². The highest BCUT2D eigenvalue weighted by Crippen LogP contribution is 2.60. The molecule has 6 fully saturated rings. The lowest BCUT2D eigenvalue weighted by Gasteiger charge is -2.59. The number of hydrogen-bond donors (Lipinski definition) is 1. The lowest BCUT2D eigenvalue weighted by molar-refractivity contribution is -0.576. The van der Waals surface area contributed by atoms with Crippen molar-refractivity contribution in [2.75, 3.05) is 6.54 Å². The fourth-order valence-corrected chi connectivity index (χ4v) is 6.76. The number of carbonyl (C=O) groups excluding carboxylic acids is 5. The van der Waals surface area contributed by atoms with E-state index in [0.29, 0.717) is 17.4 Å². The van der Waals surface area contributed by atoms with Crippen LogP contribution in [0.1, 0.15) is 85.0 Å². The lowest BCUT2D eigenvalue weighted by atomic mass is 9.58. The molecule has 1 spiro atoms. The molecule has 13 heteroatoms. The van der Waals surface area contributed by atoms with Crippen molar-refractivity contribution in [1.82, 2.24) is 10.4 Å². The monoisotopic (exact) mass is 566 g/mol. The maximum Gasteiger partial charge on any atom is 0.333 e. The Hall–Kier alpha value is -2.61. The minimum atomic E-state index is -0.926. The van der Waals surface area contributed by atoms with Gasteiger partial charge in [0.2, 0.25) is 18.0 Å². The van der Waals surface area contributed by atoms with Gasteiger partial charge in [-0.25, -0.2) is 14.6 Å². The van der Waals surface area contributed by atoms with E-state index in [0.717, 1.165) is 19.3 Å². The largest absolute Gasteiger partial charge is 0.435 e. The van der Waals surface area contributed by atoms with Crippen molar-refractivity contribution in [3.63, 3.8) is 0 Å². The minimum Gasteiger partial charge on any atom is -0.435 e. The maximum absolute atomic E-state index is 12.7. The number of hydrogen-bond acceptors (Lipinski definition) is 11. The van der Waals surface area contributed by atoms with E-state index in [4.69, 9.17) is 28.8 Å². The summed E-state index contributed by atoms with van der Waals surface area (Å²) in [6.45, 7) is 6.20. The van der Waals surface area contributed by atoms with Gasteiger partial charge < -0.3 is 24.4 Å². The molecule has 2 bridgehead atoms. The number of carbonyl (C=O) groups is 5. The van der Waals surface area contributed by atoms with Crippen LogP contribution in [0.5, 0.6) is 0 Å². The first-order valence-corrected chi connectivity index (χ1v) is 14.3. The van der Waals surface area contributed by atoms with Crippen LogP contribution < -0.4 is 5.32 Å². The number of amides is 3. The molecule has 5 saturated heterocycles. The summed E-state index contributed by atoms with van der Waals surface area (Å²) in [6.07, 6.45) is 1.89. The van der Waals surface area contributed by atoms with Gasteiger partial charge in [0.25, 0.3) is 11.8 Å². The van der Waals surface area contributed by atoms with E-state index in [1.54, 1.807) is 0 Å². The predicted molar refractivity (Wildman–Crippen MR) is 132 cm³/mol. The van der Waals surface area contributed by atoms with E-state index in [-0.39, 0.29) is 68.7 Å². The van der Waals surface area contributed by atoms with E-state index in [1.807, 2.05) is 13.8 Å². The quantitative estimate of drug-likeness (QED) is 0.188. The average Bonchev–Trinajstić information content (AvgIpc) is 3.07. The fraction of sp³-hybridized carbons (Fsp3) is 0.815. The zero-order chi connectivity index (χ0) is 28.7. The molecular weight excluding hydrogens is 528 g/mol. The van der Waals surface area contributed by atoms with Gasteiger partial charge in [0.05, 0.1) is 6.42 Å². The summed E-state index contributed by atoms with van der Waals surface area (Å²) < 4.78 is 18.2. The molecule has 6 aliphatic rings. The Morgan fingerprint density at radius 3 is 2.48 bits per heavy atom. The first-order chi connectivity index (χ1) is 19.0. The smallest absolute Gasteiger partial charge is 0.333 e. The molecule has 1 saturated carbocycles. The van der Waals surface area contributed by atoms with Crippen LogP contribution in [0.15, 0.2) is 0 Å². The van der Waals surface area contributed by atoms with Gasteiger partial charge in [-0.15, -0.1) is 5.06 Å². The first kappa shape index (κ1) is 28.9. The zero-order valence-corrected chi connectivity index (χ0v) is 23.2. The van der Waals surface area contributed by atoms with E-state index in [9.17, 15) is 24.0 Å². The van der Waals surface area contributed by atoms with E-state index in [1.165, 1.54) is 0 Å². The normalized spacial score (nSPS) is 38.4. The topological polar surface area (TPSA) is 156 Å². The molecule has 0 radical (unpaired) electrons. The van der Waals surface area contributed by atoms with Crippen LogP contribution in [0.4, 0.5) is 0 Å². The Morgan fingerprint density at radius 1 is 0.975 bits per heavy atom. The van der Waals surface area contributed by atoms with E-state index in [2.05, 4.69) is 12.2 Å². The number of esters is 1. The van der Waals surface area contributed by atoms with Gasteiger partial charge in [0, 0.05) is 50.5 Å². The molecule has 1 N–H and O–H groups in total. The van der Waals surface area contributed by atoms with Crippen LogP contribution >= 0.6 is 0 Å². The van der Waals surface area contributed by atoms with E-state index >= 15 is 0 Å². The van der Waals surface area contributed by atoms with Gasteiger partial charge >= 0.3 is 11.9 Å². The Morgan fingerprint density at radius 2 is 1.73 bits per heavy atom. The first-order valence-electron chi connectivity index (χ1n) is 14.3. The van der Waals surface area contributed by atoms with Gasteiger partial charge in [-0.1, -0.05) is 13.8 Å². The molecule has 5 aliphatic heterocycles. The number of hydroxylamine groups is 2. The van der Waals surface area contributed by atoms with Crippen molar-refractivity contribution in [2.24, 2.45) is 23.7 Å². The molecular formula is C27H38N2O11. The van der Waals surface area contributed by atoms with Crippen molar-refractivity contribution < 1.29 is 52.8 Å². The van der Waals surface area contributed by atoms with Gasteiger partial charge in [-0.3, -0.25) is 19.2 Å². The average molecular weight is 567 g/mol. The molecule has 0 unspecified atom stereocenters. The van der Waals surface area contributed by atoms with Gasteiger partial charge in [-0.05, 0) is 44.4 Å². The summed E-state index contributed by atoms with van der Waals surface area (Å²) in [5.74, 6) is -3.21. The lowest BCUT2D eigenvalue weighted by Crippen LogP contribution is -2.70. The highest BCUT2D eigenvalue weighted by atomic mass is 17.3. The SMILES string of the molecule is C[C@@H]1[C@H](OC(=O)CCC(=O)NCCCC(=O)ON2C(=O)CCC2=O)O[C@H]2O[C@@]3(C)CC[C@H]4[C@H](C)CC[C@H]1[C@@]24OO3. The third-order valence-electron chi connectivity index (χ3n) is 8.98. The van der Waals surface area contributed by atoms with Crippen molar-refractivity contribution >= 4 is 29.7 Å². The highest BCUT2D eigenvalue weighted by Gasteiger charge is 2.69. The van der Waals surface area contributed by atoms with Gasteiger partial charge in [0.1, 0.15) is 0 Å². The standard InChI is InChI=1S/C27H38N2O11/c1-15-6-7-18-16(2)24(36-25-27(18)17(15)12-13-26(3,37-25)39-40-27)35-22(33)11-8-19(30)28-14-4-5-23(34)38-29-20(31)9-10-21(29)32/h15-18,24-25H,4-14H2,1-3H3,(H,28,30)/t15-,16+,17+,18-,24-,25+,26-,27-/m1/s1. The molecule has 0 aromatic rings. The van der Waals surface area contributed by atoms with Crippen LogP contribution in [0, 0.1) is 23.7 Å². The Bertz CT molecular complexity index is 1040. The summed E-state index contributed by atoms with van der Waals surface area (Å²) in [5.41, 5.74) is -0.748. The number of nitrogens with one attached hydrogen (secondary N) is 1. The van der Waals surface area contributed by atoms with Gasteiger partial charge in [-0.2, -0.15) is 0 Å². The number of rotatable bonds is 9. The second kappa shape index (κ2) is 11.3. The zero-order valence-electron chi connectivity index (χ0n) is 23.2. The molecule has 0 aromatic carbocycles. The van der Waals surface area contributed by atoms with Crippen LogP contribution in [-0.4, -0.2) is 65.2 Å². The van der Waals surface area contributed by atoms with Crippen molar-refractivity contribution in [1.29, 1.82) is 0 Å². The predicted octanol–water partition coefficient (Wildman–Crippen LogP) is 2.02. The summed E-state index contributed by atoms with van der Waals surface area (Å²) >= 11 is 0. The summed E-state index contributed by atoms with van der Waals surface area (Å²) in [7, 11) is 0. The number of ether oxygens (including phenoxy) is 3. The molecule has 6 rings (SSSR count). The molecule has 8 atom stereocenters. The molecule has 3 amide bonds. The summed E-state index contributed by atoms with van der Waals surface area (Å²) in [5, 5.41) is 3.12. The van der Waals surface area contributed by atoms with Crippen LogP contribution in [-0.2, 0) is 52.8 Å². The third-order valence-corrected chi connectivity index (χ3v) is 8.98. The second-order valence-corrected chi connectivity index (χ2v) is 11.8. The van der Waals surface area contributed by atoms with Crippen LogP contribution in [0.25, 0.3) is 0 Å². The molecule has 222 valence electrons. The molecule has 1 aliphatic carbocycles.